The molecule has 0 amide bonds. The third kappa shape index (κ3) is 3.59. The van der Waals surface area contributed by atoms with E-state index in [9.17, 15) is 14.0 Å². The molecule has 4 heteroatoms. The van der Waals surface area contributed by atoms with Crippen molar-refractivity contribution >= 4 is 34.7 Å². The molecular formula is C22H15FO3. The van der Waals surface area contributed by atoms with E-state index in [-0.39, 0.29) is 0 Å². The van der Waals surface area contributed by atoms with Crippen LogP contribution in [0, 0.1) is 5.82 Å². The van der Waals surface area contributed by atoms with E-state index in [1.54, 1.807) is 30.3 Å². The summed E-state index contributed by atoms with van der Waals surface area (Å²) in [5, 5.41) is 10.7. The summed E-state index contributed by atoms with van der Waals surface area (Å²) in [6, 6.07) is 17.1. The first-order chi connectivity index (χ1) is 12.6. The molecule has 0 radical (unpaired) electrons. The maximum atomic E-state index is 14.1. The fraction of sp³-hybridized carbons (Fsp3) is 0. The quantitative estimate of drug-likeness (QED) is 0.307. The molecule has 1 N–H and O–H groups in total. The molecule has 0 spiro atoms. The zero-order chi connectivity index (χ0) is 18.5. The second-order valence-corrected chi connectivity index (χ2v) is 5.66. The standard InChI is InChI=1S/C22H15FO3/c23-20-8-4-2-6-16(20)13-17(11-12-21(25)26)22-18(14-24)10-9-15-5-1-3-7-19(15)22/h1-14H,(H,25,26)/b12-11+,17-13-. The van der Waals surface area contributed by atoms with Gasteiger partial charge in [-0.25, -0.2) is 9.18 Å². The van der Waals surface area contributed by atoms with E-state index in [1.165, 1.54) is 12.1 Å². The number of carbonyl (C=O) groups excluding carboxylic acids is 1. The number of halogens is 1. The lowest BCUT2D eigenvalue weighted by molar-refractivity contribution is -0.131. The van der Waals surface area contributed by atoms with Crippen LogP contribution in [-0.4, -0.2) is 17.4 Å². The van der Waals surface area contributed by atoms with Crippen LogP contribution < -0.4 is 0 Å². The van der Waals surface area contributed by atoms with Gasteiger partial charge in [-0.15, -0.1) is 0 Å². The topological polar surface area (TPSA) is 54.4 Å². The zero-order valence-corrected chi connectivity index (χ0v) is 13.7. The molecule has 0 bridgehead atoms. The molecule has 0 atom stereocenters. The van der Waals surface area contributed by atoms with E-state index in [2.05, 4.69) is 0 Å². The summed E-state index contributed by atoms with van der Waals surface area (Å²) < 4.78 is 14.1. The largest absolute Gasteiger partial charge is 0.478 e. The summed E-state index contributed by atoms with van der Waals surface area (Å²) in [7, 11) is 0. The number of aldehydes is 1. The van der Waals surface area contributed by atoms with Gasteiger partial charge in [0.2, 0.25) is 0 Å². The number of carboxylic acids is 1. The zero-order valence-electron chi connectivity index (χ0n) is 13.7. The van der Waals surface area contributed by atoms with Gasteiger partial charge in [-0.2, -0.15) is 0 Å². The molecule has 0 saturated carbocycles. The summed E-state index contributed by atoms with van der Waals surface area (Å²) >= 11 is 0. The number of aliphatic carboxylic acids is 1. The van der Waals surface area contributed by atoms with Gasteiger partial charge in [0, 0.05) is 22.8 Å². The lowest BCUT2D eigenvalue weighted by Gasteiger charge is -2.11. The third-order valence-electron chi connectivity index (χ3n) is 4.00. The second kappa shape index (κ2) is 7.57. The predicted octanol–water partition coefficient (Wildman–Crippen LogP) is 4.97. The highest BCUT2D eigenvalue weighted by atomic mass is 19.1. The van der Waals surface area contributed by atoms with Crippen molar-refractivity contribution in [1.29, 1.82) is 0 Å². The monoisotopic (exact) mass is 346 g/mol. The number of carboxylic acid groups (broad SMARTS) is 1. The van der Waals surface area contributed by atoms with Crippen molar-refractivity contribution in [3.05, 3.63) is 95.3 Å². The van der Waals surface area contributed by atoms with Gasteiger partial charge in [0.15, 0.2) is 6.29 Å². The van der Waals surface area contributed by atoms with E-state index in [4.69, 9.17) is 5.11 Å². The number of hydrogen-bond acceptors (Lipinski definition) is 2. The van der Waals surface area contributed by atoms with Gasteiger partial charge in [-0.05, 0) is 34.6 Å². The number of benzene rings is 3. The van der Waals surface area contributed by atoms with Gasteiger partial charge in [-0.3, -0.25) is 4.79 Å². The summed E-state index contributed by atoms with van der Waals surface area (Å²) in [6.07, 6.45) is 4.61. The molecule has 0 aliphatic carbocycles. The minimum Gasteiger partial charge on any atom is -0.478 e. The second-order valence-electron chi connectivity index (χ2n) is 5.66. The first-order valence-electron chi connectivity index (χ1n) is 7.94. The van der Waals surface area contributed by atoms with Gasteiger partial charge >= 0.3 is 5.97 Å². The Morgan fingerprint density at radius 2 is 1.62 bits per heavy atom. The lowest BCUT2D eigenvalue weighted by atomic mass is 9.92. The number of rotatable bonds is 5. The van der Waals surface area contributed by atoms with E-state index in [0.29, 0.717) is 28.5 Å². The molecule has 0 fully saturated rings. The molecule has 0 aliphatic rings. The van der Waals surface area contributed by atoms with Crippen molar-refractivity contribution in [1.82, 2.24) is 0 Å². The van der Waals surface area contributed by atoms with E-state index in [0.717, 1.165) is 16.8 Å². The molecule has 3 nitrogen and oxygen atoms in total. The normalized spacial score (nSPS) is 11.8. The molecule has 0 saturated heterocycles. The predicted molar refractivity (Wildman–Crippen MR) is 100 cm³/mol. The Labute approximate surface area is 149 Å². The average molecular weight is 346 g/mol. The van der Waals surface area contributed by atoms with Gasteiger partial charge in [0.05, 0.1) is 0 Å². The highest BCUT2D eigenvalue weighted by Crippen LogP contribution is 2.31. The molecule has 0 heterocycles. The molecule has 3 aromatic carbocycles. The number of allylic oxidation sites excluding steroid dienone is 2. The molecule has 0 aliphatic heterocycles. The van der Waals surface area contributed by atoms with Crippen molar-refractivity contribution in [3.63, 3.8) is 0 Å². The molecule has 128 valence electrons. The lowest BCUT2D eigenvalue weighted by Crippen LogP contribution is -1.95. The summed E-state index contributed by atoms with van der Waals surface area (Å²) in [6.45, 7) is 0. The molecule has 0 aromatic heterocycles. The fourth-order valence-corrected chi connectivity index (χ4v) is 2.83. The first-order valence-corrected chi connectivity index (χ1v) is 7.94. The van der Waals surface area contributed by atoms with Crippen molar-refractivity contribution in [2.45, 2.75) is 0 Å². The van der Waals surface area contributed by atoms with Gasteiger partial charge in [0.25, 0.3) is 0 Å². The van der Waals surface area contributed by atoms with Crippen LogP contribution in [0.1, 0.15) is 21.5 Å². The van der Waals surface area contributed by atoms with Crippen molar-refractivity contribution < 1.29 is 19.1 Å². The van der Waals surface area contributed by atoms with E-state index in [1.807, 2.05) is 30.3 Å². The van der Waals surface area contributed by atoms with Gasteiger partial charge in [-0.1, -0.05) is 54.6 Å². The summed E-state index contributed by atoms with van der Waals surface area (Å²) in [4.78, 5) is 22.6. The Morgan fingerprint density at radius 3 is 2.35 bits per heavy atom. The molecule has 3 rings (SSSR count). The smallest absolute Gasteiger partial charge is 0.328 e. The number of carbonyl (C=O) groups is 2. The number of fused-ring (bicyclic) bond motifs is 1. The minimum atomic E-state index is -1.13. The van der Waals surface area contributed by atoms with Crippen molar-refractivity contribution in [3.8, 4) is 0 Å². The number of hydrogen-bond donors (Lipinski definition) is 1. The molecule has 3 aromatic rings. The SMILES string of the molecule is O=Cc1ccc2ccccc2c1C(=C\c1ccccc1F)/C=C/C(=O)O. The van der Waals surface area contributed by atoms with Gasteiger partial charge in [0.1, 0.15) is 5.82 Å². The van der Waals surface area contributed by atoms with Crippen LogP contribution in [0.25, 0.3) is 22.4 Å². The Hall–Kier alpha value is -3.53. The Bertz CT molecular complexity index is 1050. The molecule has 0 unspecified atom stereocenters. The van der Waals surface area contributed by atoms with Crippen LogP contribution in [-0.2, 0) is 4.79 Å². The highest BCUT2D eigenvalue weighted by Gasteiger charge is 2.12. The molecular weight excluding hydrogens is 331 g/mol. The van der Waals surface area contributed by atoms with Crippen LogP contribution in [0.15, 0.2) is 72.8 Å². The van der Waals surface area contributed by atoms with Crippen LogP contribution in [0.5, 0.6) is 0 Å². The maximum absolute atomic E-state index is 14.1. The van der Waals surface area contributed by atoms with Crippen LogP contribution >= 0.6 is 0 Å². The third-order valence-corrected chi connectivity index (χ3v) is 4.00. The summed E-state index contributed by atoms with van der Waals surface area (Å²) in [5.74, 6) is -1.56. The van der Waals surface area contributed by atoms with Crippen LogP contribution in [0.2, 0.25) is 0 Å². The highest BCUT2D eigenvalue weighted by molar-refractivity contribution is 6.07. The Balaban J connectivity index is 2.32. The Kier molecular flexibility index (Phi) is 5.04. The van der Waals surface area contributed by atoms with E-state index < -0.39 is 11.8 Å². The van der Waals surface area contributed by atoms with E-state index >= 15 is 0 Å². The van der Waals surface area contributed by atoms with Crippen molar-refractivity contribution in [2.24, 2.45) is 0 Å². The van der Waals surface area contributed by atoms with Crippen LogP contribution in [0.3, 0.4) is 0 Å². The fourth-order valence-electron chi connectivity index (χ4n) is 2.83. The maximum Gasteiger partial charge on any atom is 0.328 e. The summed E-state index contributed by atoms with van der Waals surface area (Å²) in [5.41, 5.74) is 1.72. The van der Waals surface area contributed by atoms with Crippen LogP contribution in [0.4, 0.5) is 4.39 Å². The first kappa shape index (κ1) is 17.3. The average Bonchev–Trinajstić information content (AvgIpc) is 2.65. The minimum absolute atomic E-state index is 0.308. The Morgan fingerprint density at radius 1 is 0.885 bits per heavy atom. The molecule has 26 heavy (non-hydrogen) atoms. The van der Waals surface area contributed by atoms with Gasteiger partial charge < -0.3 is 5.11 Å². The van der Waals surface area contributed by atoms with Crippen molar-refractivity contribution in [2.75, 3.05) is 0 Å².